The number of benzene rings is 3. The SMILES string of the molecule is Cc1ccc(N2C(=O)CS[C@H]2c2ccccc2NC(=O)c2cccc(F)c2)c(C)c1. The van der Waals surface area contributed by atoms with Gasteiger partial charge in [0, 0.05) is 22.5 Å². The number of hydrogen-bond acceptors (Lipinski definition) is 3. The predicted molar refractivity (Wildman–Crippen MR) is 119 cm³/mol. The van der Waals surface area contributed by atoms with Gasteiger partial charge in [-0.2, -0.15) is 0 Å². The van der Waals surface area contributed by atoms with Crippen molar-refractivity contribution >= 4 is 35.0 Å². The average molecular weight is 421 g/mol. The second-order valence-electron chi connectivity index (χ2n) is 7.27. The first-order chi connectivity index (χ1) is 14.4. The lowest BCUT2D eigenvalue weighted by atomic mass is 10.1. The molecular weight excluding hydrogens is 399 g/mol. The third kappa shape index (κ3) is 3.96. The molecule has 30 heavy (non-hydrogen) atoms. The number of halogens is 1. The van der Waals surface area contributed by atoms with Gasteiger partial charge in [-0.1, -0.05) is 42.0 Å². The lowest BCUT2D eigenvalue weighted by Crippen LogP contribution is -2.29. The first kappa shape index (κ1) is 20.2. The van der Waals surface area contributed by atoms with Gasteiger partial charge < -0.3 is 5.32 Å². The van der Waals surface area contributed by atoms with Gasteiger partial charge in [0.05, 0.1) is 5.75 Å². The van der Waals surface area contributed by atoms with Crippen molar-refractivity contribution in [2.45, 2.75) is 19.2 Å². The summed E-state index contributed by atoms with van der Waals surface area (Å²) in [6.07, 6.45) is 0. The monoisotopic (exact) mass is 420 g/mol. The van der Waals surface area contributed by atoms with E-state index in [-0.39, 0.29) is 16.8 Å². The summed E-state index contributed by atoms with van der Waals surface area (Å²) >= 11 is 1.52. The number of aryl methyl sites for hydroxylation is 2. The normalized spacial score (nSPS) is 16.0. The molecule has 2 amide bonds. The summed E-state index contributed by atoms with van der Waals surface area (Å²) in [6.45, 7) is 4.01. The van der Waals surface area contributed by atoms with E-state index in [0.717, 1.165) is 22.4 Å². The highest BCUT2D eigenvalue weighted by atomic mass is 32.2. The van der Waals surface area contributed by atoms with E-state index >= 15 is 0 Å². The number of anilines is 2. The Bertz CT molecular complexity index is 1130. The fraction of sp³-hybridized carbons (Fsp3) is 0.167. The van der Waals surface area contributed by atoms with Crippen LogP contribution in [0.25, 0.3) is 0 Å². The molecule has 1 N–H and O–H groups in total. The van der Waals surface area contributed by atoms with Crippen LogP contribution in [0.4, 0.5) is 15.8 Å². The zero-order chi connectivity index (χ0) is 21.3. The molecule has 4 rings (SSSR count). The number of hydrogen-bond donors (Lipinski definition) is 1. The maximum Gasteiger partial charge on any atom is 0.255 e. The molecule has 0 aliphatic carbocycles. The Labute approximate surface area is 179 Å². The Balaban J connectivity index is 1.68. The van der Waals surface area contributed by atoms with Crippen LogP contribution >= 0.6 is 11.8 Å². The van der Waals surface area contributed by atoms with Gasteiger partial charge in [0.2, 0.25) is 5.91 Å². The molecule has 1 atom stereocenters. The summed E-state index contributed by atoms with van der Waals surface area (Å²) in [5.41, 5.74) is 4.71. The zero-order valence-electron chi connectivity index (χ0n) is 16.7. The van der Waals surface area contributed by atoms with Crippen molar-refractivity contribution in [3.8, 4) is 0 Å². The maximum atomic E-state index is 13.5. The summed E-state index contributed by atoms with van der Waals surface area (Å²) < 4.78 is 13.5. The quantitative estimate of drug-likeness (QED) is 0.609. The molecular formula is C24H21FN2O2S. The van der Waals surface area contributed by atoms with Crippen molar-refractivity contribution in [2.24, 2.45) is 0 Å². The Morgan fingerprint density at radius 2 is 1.87 bits per heavy atom. The zero-order valence-corrected chi connectivity index (χ0v) is 17.5. The Hall–Kier alpha value is -3.12. The third-order valence-electron chi connectivity index (χ3n) is 5.04. The maximum absolute atomic E-state index is 13.5. The van der Waals surface area contributed by atoms with Crippen LogP contribution in [0.5, 0.6) is 0 Å². The number of thioether (sulfide) groups is 1. The first-order valence-corrected chi connectivity index (χ1v) is 10.7. The molecule has 3 aromatic carbocycles. The van der Waals surface area contributed by atoms with Gasteiger partial charge in [-0.15, -0.1) is 11.8 Å². The first-order valence-electron chi connectivity index (χ1n) is 9.61. The Kier molecular flexibility index (Phi) is 5.59. The van der Waals surface area contributed by atoms with Crippen molar-refractivity contribution in [2.75, 3.05) is 16.0 Å². The van der Waals surface area contributed by atoms with E-state index in [1.54, 1.807) is 17.0 Å². The van der Waals surface area contributed by atoms with Crippen LogP contribution in [-0.2, 0) is 4.79 Å². The molecule has 1 aliphatic heterocycles. The largest absolute Gasteiger partial charge is 0.322 e. The van der Waals surface area contributed by atoms with E-state index < -0.39 is 11.7 Å². The topological polar surface area (TPSA) is 49.4 Å². The van der Waals surface area contributed by atoms with Crippen LogP contribution in [0.1, 0.15) is 32.4 Å². The summed E-state index contributed by atoms with van der Waals surface area (Å²) in [4.78, 5) is 27.2. The second kappa shape index (κ2) is 8.32. The van der Waals surface area contributed by atoms with Crippen LogP contribution < -0.4 is 10.2 Å². The highest BCUT2D eigenvalue weighted by Crippen LogP contribution is 2.45. The summed E-state index contributed by atoms with van der Waals surface area (Å²) in [6, 6.07) is 19.0. The lowest BCUT2D eigenvalue weighted by molar-refractivity contribution is -0.115. The van der Waals surface area contributed by atoms with Gasteiger partial charge in [-0.25, -0.2) is 4.39 Å². The van der Waals surface area contributed by atoms with E-state index in [1.807, 2.05) is 44.2 Å². The summed E-state index contributed by atoms with van der Waals surface area (Å²) in [7, 11) is 0. The number of nitrogens with one attached hydrogen (secondary N) is 1. The van der Waals surface area contributed by atoms with Crippen LogP contribution in [0.15, 0.2) is 66.7 Å². The van der Waals surface area contributed by atoms with Gasteiger partial charge in [0.25, 0.3) is 5.91 Å². The van der Waals surface area contributed by atoms with Crippen molar-refractivity contribution in [3.05, 3.63) is 94.8 Å². The fourth-order valence-electron chi connectivity index (χ4n) is 3.64. The molecule has 1 heterocycles. The highest BCUT2D eigenvalue weighted by Gasteiger charge is 2.36. The number of amides is 2. The van der Waals surface area contributed by atoms with Gasteiger partial charge in [0.15, 0.2) is 0 Å². The number of carbonyl (C=O) groups is 2. The number of carbonyl (C=O) groups excluding carboxylic acids is 2. The average Bonchev–Trinajstić information content (AvgIpc) is 3.09. The number of rotatable bonds is 4. The molecule has 4 nitrogen and oxygen atoms in total. The smallest absolute Gasteiger partial charge is 0.255 e. The molecule has 1 saturated heterocycles. The van der Waals surface area contributed by atoms with E-state index in [0.29, 0.717) is 11.4 Å². The molecule has 6 heteroatoms. The van der Waals surface area contributed by atoms with E-state index in [1.165, 1.54) is 30.0 Å². The molecule has 3 aromatic rings. The molecule has 0 aromatic heterocycles. The molecule has 0 bridgehead atoms. The van der Waals surface area contributed by atoms with Gasteiger partial charge >= 0.3 is 0 Å². The standard InChI is InChI=1S/C24H21FN2O2S/c1-15-10-11-21(16(2)12-15)27-22(28)14-30-24(27)19-8-3-4-9-20(19)26-23(29)17-6-5-7-18(25)13-17/h3-13,24H,14H2,1-2H3,(H,26,29)/t24-/m0/s1. The van der Waals surface area contributed by atoms with Crippen molar-refractivity contribution in [3.63, 3.8) is 0 Å². The molecule has 1 fully saturated rings. The van der Waals surface area contributed by atoms with Crippen molar-refractivity contribution in [1.29, 1.82) is 0 Å². The third-order valence-corrected chi connectivity index (χ3v) is 6.24. The predicted octanol–water partition coefficient (Wildman–Crippen LogP) is 5.47. The minimum atomic E-state index is -0.464. The van der Waals surface area contributed by atoms with Crippen molar-refractivity contribution in [1.82, 2.24) is 0 Å². The van der Waals surface area contributed by atoms with Crippen LogP contribution in [0.2, 0.25) is 0 Å². The molecule has 0 unspecified atom stereocenters. The molecule has 0 radical (unpaired) electrons. The summed E-state index contributed by atoms with van der Waals surface area (Å²) in [5, 5.41) is 2.62. The fourth-order valence-corrected chi connectivity index (χ4v) is 4.85. The number of nitrogens with zero attached hydrogens (tertiary/aromatic N) is 1. The molecule has 152 valence electrons. The minimum absolute atomic E-state index is 0.0308. The van der Waals surface area contributed by atoms with E-state index in [4.69, 9.17) is 0 Å². The van der Waals surface area contributed by atoms with Crippen molar-refractivity contribution < 1.29 is 14.0 Å². The number of para-hydroxylation sites is 1. The van der Waals surface area contributed by atoms with E-state index in [2.05, 4.69) is 11.4 Å². The molecule has 0 saturated carbocycles. The second-order valence-corrected chi connectivity index (χ2v) is 8.34. The van der Waals surface area contributed by atoms with Crippen LogP contribution in [0, 0.1) is 19.7 Å². The van der Waals surface area contributed by atoms with E-state index in [9.17, 15) is 14.0 Å². The molecule has 0 spiro atoms. The lowest BCUT2D eigenvalue weighted by Gasteiger charge is -2.27. The highest BCUT2D eigenvalue weighted by molar-refractivity contribution is 8.00. The van der Waals surface area contributed by atoms with Gasteiger partial charge in [-0.05, 0) is 49.7 Å². The van der Waals surface area contributed by atoms with Crippen LogP contribution in [0.3, 0.4) is 0 Å². The molecule has 1 aliphatic rings. The van der Waals surface area contributed by atoms with Gasteiger partial charge in [0.1, 0.15) is 11.2 Å². The van der Waals surface area contributed by atoms with Gasteiger partial charge in [-0.3, -0.25) is 14.5 Å². The minimum Gasteiger partial charge on any atom is -0.322 e. The summed E-state index contributed by atoms with van der Waals surface area (Å²) in [5.74, 6) is -0.462. The van der Waals surface area contributed by atoms with Crippen LogP contribution in [-0.4, -0.2) is 17.6 Å². The Morgan fingerprint density at radius 1 is 1.07 bits per heavy atom. The Morgan fingerprint density at radius 3 is 2.63 bits per heavy atom.